The Kier molecular flexibility index (Phi) is 3.25. The van der Waals surface area contributed by atoms with E-state index in [1.165, 1.54) is 25.3 Å². The molecule has 0 amide bonds. The third kappa shape index (κ3) is 2.16. The van der Waals surface area contributed by atoms with Crippen LogP contribution in [0.4, 0.5) is 0 Å². The number of hydrogen-bond acceptors (Lipinski definition) is 5. The molecule has 0 aliphatic carbocycles. The monoisotopic (exact) mass is 298 g/mol. The molecule has 0 bridgehead atoms. The normalized spacial score (nSPS) is 14.8. The Morgan fingerprint density at radius 3 is 2.59 bits per heavy atom. The second-order valence-corrected chi connectivity index (χ2v) is 4.96. The number of aromatic hydroxyl groups is 2. The maximum absolute atomic E-state index is 12.3. The summed E-state index contributed by atoms with van der Waals surface area (Å²) in [4.78, 5) is 12.3. The Bertz CT molecular complexity index is 805. The molecule has 112 valence electrons. The standard InChI is InChI=1S/C17H14O5/c1-9-12(18)6-4-11-16(20)15(22-17(9)11)8-10-3-5-13(19)14(7-10)21-2/h3-8,18-19H,1-2H3. The van der Waals surface area contributed by atoms with E-state index in [1.54, 1.807) is 25.1 Å². The molecule has 0 saturated heterocycles. The second-order valence-electron chi connectivity index (χ2n) is 4.96. The molecule has 5 heteroatoms. The first-order valence-electron chi connectivity index (χ1n) is 6.65. The fraction of sp³-hybridized carbons (Fsp3) is 0.118. The molecule has 2 aromatic rings. The Morgan fingerprint density at radius 2 is 1.86 bits per heavy atom. The molecule has 5 nitrogen and oxygen atoms in total. The van der Waals surface area contributed by atoms with Gasteiger partial charge in [0, 0.05) is 5.56 Å². The van der Waals surface area contributed by atoms with Crippen LogP contribution in [0, 0.1) is 6.92 Å². The molecule has 0 atom stereocenters. The lowest BCUT2D eigenvalue weighted by Gasteiger charge is -2.05. The minimum absolute atomic E-state index is 0.0207. The first kappa shape index (κ1) is 14.0. The van der Waals surface area contributed by atoms with E-state index in [0.717, 1.165) is 0 Å². The fourth-order valence-electron chi connectivity index (χ4n) is 2.31. The summed E-state index contributed by atoms with van der Waals surface area (Å²) in [7, 11) is 1.45. The van der Waals surface area contributed by atoms with Gasteiger partial charge >= 0.3 is 0 Å². The lowest BCUT2D eigenvalue weighted by atomic mass is 10.1. The number of ketones is 1. The zero-order valence-electron chi connectivity index (χ0n) is 12.1. The van der Waals surface area contributed by atoms with Crippen LogP contribution in [0.5, 0.6) is 23.0 Å². The minimum atomic E-state index is -0.245. The predicted octanol–water partition coefficient (Wildman–Crippen LogP) is 3.03. The number of rotatable bonds is 2. The largest absolute Gasteiger partial charge is 0.508 e. The van der Waals surface area contributed by atoms with Gasteiger partial charge in [0.15, 0.2) is 17.3 Å². The Morgan fingerprint density at radius 1 is 1.14 bits per heavy atom. The van der Waals surface area contributed by atoms with Crippen molar-refractivity contribution in [1.29, 1.82) is 0 Å². The summed E-state index contributed by atoms with van der Waals surface area (Å²) in [6, 6.07) is 7.75. The van der Waals surface area contributed by atoms with E-state index in [9.17, 15) is 15.0 Å². The maximum Gasteiger partial charge on any atom is 0.231 e. The topological polar surface area (TPSA) is 76.0 Å². The van der Waals surface area contributed by atoms with E-state index in [4.69, 9.17) is 9.47 Å². The zero-order valence-corrected chi connectivity index (χ0v) is 12.1. The van der Waals surface area contributed by atoms with Crippen molar-refractivity contribution in [2.45, 2.75) is 6.92 Å². The van der Waals surface area contributed by atoms with Crippen LogP contribution in [0.15, 0.2) is 36.1 Å². The van der Waals surface area contributed by atoms with Gasteiger partial charge in [0.1, 0.15) is 11.5 Å². The fourth-order valence-corrected chi connectivity index (χ4v) is 2.31. The van der Waals surface area contributed by atoms with Crippen molar-refractivity contribution in [1.82, 2.24) is 0 Å². The molecule has 2 N–H and O–H groups in total. The van der Waals surface area contributed by atoms with Gasteiger partial charge in [-0.25, -0.2) is 0 Å². The zero-order chi connectivity index (χ0) is 15.9. The second kappa shape index (κ2) is 5.11. The lowest BCUT2D eigenvalue weighted by molar-refractivity contribution is 0.101. The number of carbonyl (C=O) groups excluding carboxylic acids is 1. The molecular formula is C17H14O5. The third-order valence-electron chi connectivity index (χ3n) is 3.56. The summed E-state index contributed by atoms with van der Waals surface area (Å²) in [5.74, 6) is 0.709. The van der Waals surface area contributed by atoms with Crippen molar-refractivity contribution in [3.05, 3.63) is 52.8 Å². The average molecular weight is 298 g/mol. The number of Topliss-reactive ketones (excluding diaryl/α,β-unsaturated/α-hetero) is 1. The van der Waals surface area contributed by atoms with Crippen LogP contribution in [-0.2, 0) is 0 Å². The quantitative estimate of drug-likeness (QED) is 0.833. The van der Waals surface area contributed by atoms with Gasteiger partial charge in [-0.1, -0.05) is 6.07 Å². The highest BCUT2D eigenvalue weighted by Crippen LogP contribution is 2.39. The number of phenolic OH excluding ortho intramolecular Hbond substituents is 2. The summed E-state index contributed by atoms with van der Waals surface area (Å²) in [6.45, 7) is 1.69. The van der Waals surface area contributed by atoms with E-state index >= 15 is 0 Å². The van der Waals surface area contributed by atoms with Crippen LogP contribution < -0.4 is 9.47 Å². The first-order valence-corrected chi connectivity index (χ1v) is 6.65. The molecule has 0 aromatic heterocycles. The number of benzene rings is 2. The van der Waals surface area contributed by atoms with E-state index in [-0.39, 0.29) is 23.0 Å². The summed E-state index contributed by atoms with van der Waals surface area (Å²) in [5, 5.41) is 19.3. The van der Waals surface area contributed by atoms with Crippen molar-refractivity contribution in [3.63, 3.8) is 0 Å². The van der Waals surface area contributed by atoms with Crippen LogP contribution in [0.2, 0.25) is 0 Å². The lowest BCUT2D eigenvalue weighted by Crippen LogP contribution is -1.98. The van der Waals surface area contributed by atoms with Gasteiger partial charge in [0.25, 0.3) is 0 Å². The summed E-state index contributed by atoms with van der Waals surface area (Å²) < 4.78 is 10.6. The van der Waals surface area contributed by atoms with Gasteiger partial charge < -0.3 is 19.7 Å². The number of hydrogen-bond donors (Lipinski definition) is 2. The Balaban J connectivity index is 2.01. The van der Waals surface area contributed by atoms with Crippen LogP contribution in [0.1, 0.15) is 21.5 Å². The molecule has 3 rings (SSSR count). The van der Waals surface area contributed by atoms with Crippen LogP contribution in [0.25, 0.3) is 6.08 Å². The molecule has 2 aromatic carbocycles. The molecule has 0 fully saturated rings. The molecule has 0 unspecified atom stereocenters. The molecule has 0 radical (unpaired) electrons. The van der Waals surface area contributed by atoms with Gasteiger partial charge in [-0.2, -0.15) is 0 Å². The minimum Gasteiger partial charge on any atom is -0.508 e. The third-order valence-corrected chi connectivity index (χ3v) is 3.56. The van der Waals surface area contributed by atoms with Crippen molar-refractivity contribution >= 4 is 11.9 Å². The SMILES string of the molecule is COc1cc(C=C2Oc3c(ccc(O)c3C)C2=O)ccc1O. The van der Waals surface area contributed by atoms with E-state index in [0.29, 0.717) is 28.2 Å². The number of phenols is 2. The number of ether oxygens (including phenoxy) is 2. The van der Waals surface area contributed by atoms with Gasteiger partial charge in [-0.15, -0.1) is 0 Å². The van der Waals surface area contributed by atoms with E-state index in [1.807, 2.05) is 0 Å². The van der Waals surface area contributed by atoms with Gasteiger partial charge in [-0.3, -0.25) is 4.79 Å². The molecule has 1 aliphatic heterocycles. The molecule has 0 saturated carbocycles. The number of fused-ring (bicyclic) bond motifs is 1. The van der Waals surface area contributed by atoms with Gasteiger partial charge in [-0.05, 0) is 42.8 Å². The summed E-state index contributed by atoms with van der Waals surface area (Å²) in [6.07, 6.45) is 1.57. The molecular weight excluding hydrogens is 284 g/mol. The van der Waals surface area contributed by atoms with Crippen LogP contribution in [-0.4, -0.2) is 23.1 Å². The van der Waals surface area contributed by atoms with Crippen molar-refractivity contribution < 1.29 is 24.5 Å². The Labute approximate surface area is 127 Å². The highest BCUT2D eigenvalue weighted by Gasteiger charge is 2.29. The summed E-state index contributed by atoms with van der Waals surface area (Å²) >= 11 is 0. The predicted molar refractivity (Wildman–Crippen MR) is 80.4 cm³/mol. The molecule has 1 aliphatic rings. The van der Waals surface area contributed by atoms with Gasteiger partial charge in [0.05, 0.1) is 12.7 Å². The van der Waals surface area contributed by atoms with Crippen LogP contribution in [0.3, 0.4) is 0 Å². The van der Waals surface area contributed by atoms with E-state index in [2.05, 4.69) is 0 Å². The number of allylic oxidation sites excluding steroid dienone is 1. The Hall–Kier alpha value is -2.95. The highest BCUT2D eigenvalue weighted by atomic mass is 16.5. The molecule has 22 heavy (non-hydrogen) atoms. The number of methoxy groups -OCH3 is 1. The van der Waals surface area contributed by atoms with Crippen molar-refractivity contribution in [2.75, 3.05) is 7.11 Å². The summed E-state index contributed by atoms with van der Waals surface area (Å²) in [5.41, 5.74) is 1.61. The molecule has 1 heterocycles. The van der Waals surface area contributed by atoms with E-state index < -0.39 is 0 Å². The van der Waals surface area contributed by atoms with Crippen molar-refractivity contribution in [2.24, 2.45) is 0 Å². The highest BCUT2D eigenvalue weighted by molar-refractivity contribution is 6.14. The van der Waals surface area contributed by atoms with Crippen molar-refractivity contribution in [3.8, 4) is 23.0 Å². The first-order chi connectivity index (χ1) is 10.5. The molecule has 0 spiro atoms. The number of carbonyl (C=O) groups is 1. The average Bonchev–Trinajstić information content (AvgIpc) is 2.82. The van der Waals surface area contributed by atoms with Crippen LogP contribution >= 0.6 is 0 Å². The van der Waals surface area contributed by atoms with Gasteiger partial charge in [0.2, 0.25) is 5.78 Å². The maximum atomic E-state index is 12.3. The smallest absolute Gasteiger partial charge is 0.231 e.